The molecule has 20 heavy (non-hydrogen) atoms. The van der Waals surface area contributed by atoms with E-state index in [1.807, 2.05) is 24.4 Å². The minimum Gasteiger partial charge on any atom is -0.352 e. The third-order valence-electron chi connectivity index (χ3n) is 3.97. The molecule has 1 aliphatic rings. The Hall–Kier alpha value is -1.88. The van der Waals surface area contributed by atoms with Crippen molar-refractivity contribution in [3.63, 3.8) is 0 Å². The average Bonchev–Trinajstić information content (AvgIpc) is 2.92. The van der Waals surface area contributed by atoms with Gasteiger partial charge in [-0.15, -0.1) is 0 Å². The number of hydrogen-bond donors (Lipinski definition) is 2. The van der Waals surface area contributed by atoms with Gasteiger partial charge in [-0.3, -0.25) is 4.79 Å². The number of aromatic nitrogens is 2. The number of carbonyl (C=O) groups is 1. The van der Waals surface area contributed by atoms with E-state index in [-0.39, 0.29) is 5.91 Å². The van der Waals surface area contributed by atoms with Gasteiger partial charge in [-0.25, -0.2) is 4.52 Å². The van der Waals surface area contributed by atoms with Crippen molar-refractivity contribution < 1.29 is 4.79 Å². The Morgan fingerprint density at radius 2 is 2.25 bits per heavy atom. The van der Waals surface area contributed by atoms with Crippen LogP contribution in [0.5, 0.6) is 0 Å². The van der Waals surface area contributed by atoms with Crippen LogP contribution in [-0.2, 0) is 0 Å². The second-order valence-corrected chi connectivity index (χ2v) is 5.33. The van der Waals surface area contributed by atoms with Crippen LogP contribution in [0.1, 0.15) is 29.6 Å². The van der Waals surface area contributed by atoms with Crippen LogP contribution in [0.4, 0.5) is 0 Å². The summed E-state index contributed by atoms with van der Waals surface area (Å²) in [6.07, 6.45) is 6.97. The predicted molar refractivity (Wildman–Crippen MR) is 77.7 cm³/mol. The molecule has 2 N–H and O–H groups in total. The summed E-state index contributed by atoms with van der Waals surface area (Å²) in [5.41, 5.74) is 1.50. The first-order valence-electron chi connectivity index (χ1n) is 7.26. The van der Waals surface area contributed by atoms with E-state index < -0.39 is 0 Å². The first-order chi connectivity index (χ1) is 9.84. The lowest BCUT2D eigenvalue weighted by atomic mass is 9.95. The highest BCUT2D eigenvalue weighted by Crippen LogP contribution is 2.15. The molecule has 1 fully saturated rings. The van der Waals surface area contributed by atoms with Gasteiger partial charge >= 0.3 is 0 Å². The van der Waals surface area contributed by atoms with Crippen molar-refractivity contribution in [3.05, 3.63) is 36.2 Å². The van der Waals surface area contributed by atoms with Crippen LogP contribution in [0, 0.1) is 5.92 Å². The van der Waals surface area contributed by atoms with Gasteiger partial charge in [0.05, 0.1) is 17.3 Å². The fourth-order valence-corrected chi connectivity index (χ4v) is 2.76. The zero-order valence-electron chi connectivity index (χ0n) is 11.5. The molecule has 0 radical (unpaired) electrons. The third-order valence-corrected chi connectivity index (χ3v) is 3.97. The fraction of sp³-hybridized carbons (Fsp3) is 0.467. The smallest absolute Gasteiger partial charge is 0.255 e. The molecule has 1 aliphatic heterocycles. The molecular weight excluding hydrogens is 252 g/mol. The molecule has 2 aromatic rings. The molecule has 3 rings (SSSR count). The number of rotatable bonds is 4. The molecule has 5 nitrogen and oxygen atoms in total. The number of nitrogens with one attached hydrogen (secondary N) is 2. The molecule has 1 saturated heterocycles. The number of fused-ring (bicyclic) bond motifs is 1. The van der Waals surface area contributed by atoms with Gasteiger partial charge in [0.25, 0.3) is 5.91 Å². The largest absolute Gasteiger partial charge is 0.352 e. The summed E-state index contributed by atoms with van der Waals surface area (Å²) in [4.78, 5) is 12.2. The maximum Gasteiger partial charge on any atom is 0.255 e. The maximum absolute atomic E-state index is 12.2. The highest BCUT2D eigenvalue weighted by molar-refractivity contribution is 6.00. The monoisotopic (exact) mass is 272 g/mol. The van der Waals surface area contributed by atoms with Crippen LogP contribution in [0.15, 0.2) is 30.6 Å². The molecule has 0 aromatic carbocycles. The van der Waals surface area contributed by atoms with Crippen LogP contribution in [-0.4, -0.2) is 35.2 Å². The Labute approximate surface area is 118 Å². The first kappa shape index (κ1) is 13.1. The van der Waals surface area contributed by atoms with Crippen molar-refractivity contribution in [1.82, 2.24) is 20.2 Å². The molecule has 1 amide bonds. The van der Waals surface area contributed by atoms with Crippen molar-refractivity contribution in [1.29, 1.82) is 0 Å². The Kier molecular flexibility index (Phi) is 3.97. The van der Waals surface area contributed by atoms with E-state index in [1.54, 1.807) is 10.7 Å². The second kappa shape index (κ2) is 6.05. The first-order valence-corrected chi connectivity index (χ1v) is 7.26. The lowest BCUT2D eigenvalue weighted by molar-refractivity contribution is 0.0952. The van der Waals surface area contributed by atoms with Crippen molar-refractivity contribution in [3.8, 4) is 0 Å². The van der Waals surface area contributed by atoms with E-state index >= 15 is 0 Å². The quantitative estimate of drug-likeness (QED) is 0.886. The molecule has 5 heteroatoms. The summed E-state index contributed by atoms with van der Waals surface area (Å²) in [7, 11) is 0. The van der Waals surface area contributed by atoms with Gasteiger partial charge < -0.3 is 10.6 Å². The number of hydrogen-bond acceptors (Lipinski definition) is 3. The Morgan fingerprint density at radius 3 is 3.10 bits per heavy atom. The van der Waals surface area contributed by atoms with Gasteiger partial charge in [-0.2, -0.15) is 5.10 Å². The van der Waals surface area contributed by atoms with E-state index in [0.717, 1.165) is 37.5 Å². The molecule has 2 aromatic heterocycles. The highest BCUT2D eigenvalue weighted by atomic mass is 16.1. The van der Waals surface area contributed by atoms with Crippen molar-refractivity contribution in [2.45, 2.75) is 19.3 Å². The van der Waals surface area contributed by atoms with Gasteiger partial charge in [0.2, 0.25) is 0 Å². The maximum atomic E-state index is 12.2. The summed E-state index contributed by atoms with van der Waals surface area (Å²) in [6, 6.07) is 5.73. The summed E-state index contributed by atoms with van der Waals surface area (Å²) < 4.78 is 1.72. The van der Waals surface area contributed by atoms with Crippen LogP contribution in [0.3, 0.4) is 0 Å². The van der Waals surface area contributed by atoms with E-state index in [4.69, 9.17) is 0 Å². The number of piperidine rings is 1. The van der Waals surface area contributed by atoms with Crippen LogP contribution in [0.25, 0.3) is 5.52 Å². The fourth-order valence-electron chi connectivity index (χ4n) is 2.76. The summed E-state index contributed by atoms with van der Waals surface area (Å²) in [6.45, 7) is 2.95. The molecule has 0 atom stereocenters. The predicted octanol–water partition coefficient (Wildman–Crippen LogP) is 1.45. The molecule has 0 saturated carbocycles. The van der Waals surface area contributed by atoms with Crippen molar-refractivity contribution in [2.75, 3.05) is 19.6 Å². The minimum atomic E-state index is -0.0277. The van der Waals surface area contributed by atoms with Crippen LogP contribution in [0.2, 0.25) is 0 Å². The van der Waals surface area contributed by atoms with Crippen LogP contribution >= 0.6 is 0 Å². The van der Waals surface area contributed by atoms with E-state index in [2.05, 4.69) is 15.7 Å². The van der Waals surface area contributed by atoms with E-state index in [1.165, 1.54) is 12.8 Å². The summed E-state index contributed by atoms with van der Waals surface area (Å²) in [5, 5.41) is 10.6. The third kappa shape index (κ3) is 2.82. The van der Waals surface area contributed by atoms with Gasteiger partial charge in [-0.05, 0) is 50.4 Å². The Balaban J connectivity index is 1.56. The van der Waals surface area contributed by atoms with Crippen LogP contribution < -0.4 is 10.6 Å². The molecule has 0 bridgehead atoms. The number of carbonyl (C=O) groups excluding carboxylic acids is 1. The second-order valence-electron chi connectivity index (χ2n) is 5.33. The van der Waals surface area contributed by atoms with Crippen molar-refractivity contribution in [2.24, 2.45) is 5.92 Å². The lowest BCUT2D eigenvalue weighted by Gasteiger charge is -2.22. The summed E-state index contributed by atoms with van der Waals surface area (Å²) in [5.74, 6) is 0.709. The molecule has 106 valence electrons. The zero-order chi connectivity index (χ0) is 13.8. The SMILES string of the molecule is O=C(NCCC1CCNCC1)c1cnn2ccccc12. The topological polar surface area (TPSA) is 58.4 Å². The van der Waals surface area contributed by atoms with Gasteiger partial charge in [-0.1, -0.05) is 6.07 Å². The van der Waals surface area contributed by atoms with Gasteiger partial charge in [0, 0.05) is 12.7 Å². The number of pyridine rings is 1. The lowest BCUT2D eigenvalue weighted by Crippen LogP contribution is -2.31. The molecular formula is C15H20N4O. The Bertz CT molecular complexity index is 586. The average molecular weight is 272 g/mol. The highest BCUT2D eigenvalue weighted by Gasteiger charge is 2.15. The minimum absolute atomic E-state index is 0.0277. The number of amides is 1. The molecule has 0 aliphatic carbocycles. The van der Waals surface area contributed by atoms with Crippen molar-refractivity contribution >= 4 is 11.4 Å². The van der Waals surface area contributed by atoms with Gasteiger partial charge in [0.15, 0.2) is 0 Å². The standard InChI is InChI=1S/C15H20N4O/c20-15(17-9-6-12-4-7-16-8-5-12)13-11-18-19-10-2-1-3-14(13)19/h1-3,10-12,16H,4-9H2,(H,17,20). The number of nitrogens with zero attached hydrogens (tertiary/aromatic N) is 2. The molecule has 3 heterocycles. The molecule has 0 unspecified atom stereocenters. The normalized spacial score (nSPS) is 16.4. The Morgan fingerprint density at radius 1 is 1.40 bits per heavy atom. The van der Waals surface area contributed by atoms with E-state index in [0.29, 0.717) is 5.56 Å². The van der Waals surface area contributed by atoms with Gasteiger partial charge in [0.1, 0.15) is 0 Å². The summed E-state index contributed by atoms with van der Waals surface area (Å²) >= 11 is 0. The molecule has 0 spiro atoms. The zero-order valence-corrected chi connectivity index (χ0v) is 11.5. The van der Waals surface area contributed by atoms with E-state index in [9.17, 15) is 4.79 Å².